The van der Waals surface area contributed by atoms with Gasteiger partial charge in [-0.3, -0.25) is 0 Å². The van der Waals surface area contributed by atoms with Gasteiger partial charge in [0.2, 0.25) is 10.0 Å². The van der Waals surface area contributed by atoms with Gasteiger partial charge < -0.3 is 0 Å². The van der Waals surface area contributed by atoms with Crippen molar-refractivity contribution >= 4 is 33.0 Å². The molecule has 130 valence electrons. The molecular formula is C18H22ClNO2S2. The Labute approximate surface area is 153 Å². The van der Waals surface area contributed by atoms with Crippen LogP contribution < -0.4 is 4.72 Å². The molecule has 3 nitrogen and oxygen atoms in total. The maximum absolute atomic E-state index is 12.7. The first kappa shape index (κ1) is 17.9. The van der Waals surface area contributed by atoms with Crippen molar-refractivity contribution in [1.82, 2.24) is 4.72 Å². The number of hydrogen-bond donors (Lipinski definition) is 1. The van der Waals surface area contributed by atoms with Gasteiger partial charge in [-0.05, 0) is 48.9 Å². The fourth-order valence-corrected chi connectivity index (χ4v) is 5.76. The highest BCUT2D eigenvalue weighted by atomic mass is 35.5. The molecular weight excluding hydrogens is 362 g/mol. The first-order chi connectivity index (χ1) is 11.4. The molecule has 1 saturated carbocycles. The van der Waals surface area contributed by atoms with Gasteiger partial charge in [0, 0.05) is 21.9 Å². The second-order valence-corrected chi connectivity index (χ2v) is 9.68. The molecule has 1 N–H and O–H groups in total. The summed E-state index contributed by atoms with van der Waals surface area (Å²) in [5.74, 6) is 0. The normalized spacial score (nSPS) is 17.8. The summed E-state index contributed by atoms with van der Waals surface area (Å²) in [6.07, 6.45) is 5.59. The zero-order chi connectivity index (χ0) is 17.2. The first-order valence-corrected chi connectivity index (χ1v) is 11.0. The molecule has 0 aliphatic heterocycles. The van der Waals surface area contributed by atoms with Crippen LogP contribution in [-0.2, 0) is 15.4 Å². The molecule has 0 radical (unpaired) electrons. The lowest BCUT2D eigenvalue weighted by Gasteiger charge is -2.36. The third kappa shape index (κ3) is 3.69. The van der Waals surface area contributed by atoms with E-state index in [-0.39, 0.29) is 10.3 Å². The lowest BCUT2D eigenvalue weighted by atomic mass is 9.73. The van der Waals surface area contributed by atoms with Crippen LogP contribution in [0.4, 0.5) is 0 Å². The first-order valence-electron chi connectivity index (χ1n) is 8.23. The lowest BCUT2D eigenvalue weighted by Crippen LogP contribution is -2.41. The molecule has 1 fully saturated rings. The van der Waals surface area contributed by atoms with E-state index in [0.29, 0.717) is 11.6 Å². The molecule has 1 aliphatic rings. The van der Waals surface area contributed by atoms with Crippen LogP contribution in [0.5, 0.6) is 0 Å². The molecule has 6 heteroatoms. The van der Waals surface area contributed by atoms with Crippen LogP contribution in [0, 0.1) is 6.92 Å². The zero-order valence-electron chi connectivity index (χ0n) is 13.7. The molecule has 1 aromatic heterocycles. The van der Waals surface area contributed by atoms with E-state index >= 15 is 0 Å². The van der Waals surface area contributed by atoms with Crippen molar-refractivity contribution < 1.29 is 8.42 Å². The Kier molecular flexibility index (Phi) is 5.35. The zero-order valence-corrected chi connectivity index (χ0v) is 16.1. The van der Waals surface area contributed by atoms with Crippen molar-refractivity contribution in [3.8, 4) is 0 Å². The number of nitrogens with one attached hydrogen (secondary N) is 1. The molecule has 0 saturated heterocycles. The molecule has 2 aromatic rings. The summed E-state index contributed by atoms with van der Waals surface area (Å²) in [5, 5.41) is 2.54. The van der Waals surface area contributed by atoms with Gasteiger partial charge in [-0.15, -0.1) is 11.3 Å². The van der Waals surface area contributed by atoms with E-state index in [2.05, 4.69) is 16.2 Å². The molecule has 1 heterocycles. The van der Waals surface area contributed by atoms with E-state index in [4.69, 9.17) is 11.6 Å². The number of aryl methyl sites for hydroxylation is 1. The summed E-state index contributed by atoms with van der Waals surface area (Å²) in [6.45, 7) is 2.31. The Morgan fingerprint density at radius 2 is 1.96 bits per heavy atom. The molecule has 0 amide bonds. The molecule has 0 spiro atoms. The van der Waals surface area contributed by atoms with E-state index in [1.807, 2.05) is 13.0 Å². The van der Waals surface area contributed by atoms with E-state index in [9.17, 15) is 8.42 Å². The van der Waals surface area contributed by atoms with Gasteiger partial charge in [0.15, 0.2) is 0 Å². The minimum absolute atomic E-state index is 0.0754. The Hall–Kier alpha value is -0.880. The third-order valence-corrected chi connectivity index (χ3v) is 7.83. The summed E-state index contributed by atoms with van der Waals surface area (Å²) >= 11 is 7.81. The molecule has 3 rings (SSSR count). The highest BCUT2D eigenvalue weighted by Crippen LogP contribution is 2.41. The maximum Gasteiger partial charge on any atom is 0.240 e. The number of hydrogen-bond acceptors (Lipinski definition) is 3. The average molecular weight is 384 g/mol. The predicted octanol–water partition coefficient (Wildman–Crippen LogP) is 4.89. The van der Waals surface area contributed by atoms with Gasteiger partial charge in [-0.2, -0.15) is 0 Å². The van der Waals surface area contributed by atoms with Crippen molar-refractivity contribution in [3.63, 3.8) is 0 Å². The molecule has 1 aliphatic carbocycles. The summed E-state index contributed by atoms with van der Waals surface area (Å²) in [6, 6.07) is 9.06. The molecule has 24 heavy (non-hydrogen) atoms. The molecule has 0 bridgehead atoms. The Morgan fingerprint density at radius 3 is 2.58 bits per heavy atom. The summed E-state index contributed by atoms with van der Waals surface area (Å²) in [4.78, 5) is 1.52. The number of thiophene rings is 1. The monoisotopic (exact) mass is 383 g/mol. The van der Waals surface area contributed by atoms with Gasteiger partial charge in [0.1, 0.15) is 0 Å². The molecule has 0 unspecified atom stereocenters. The minimum Gasteiger partial charge on any atom is -0.210 e. The predicted molar refractivity (Wildman–Crippen MR) is 100 cm³/mol. The van der Waals surface area contributed by atoms with Gasteiger partial charge in [0.05, 0.1) is 4.90 Å². The lowest BCUT2D eigenvalue weighted by molar-refractivity contribution is 0.298. The fraction of sp³-hybridized carbons (Fsp3) is 0.444. The highest BCUT2D eigenvalue weighted by Gasteiger charge is 2.36. The second kappa shape index (κ2) is 7.16. The van der Waals surface area contributed by atoms with Crippen LogP contribution in [0.25, 0.3) is 0 Å². The van der Waals surface area contributed by atoms with E-state index < -0.39 is 10.0 Å². The highest BCUT2D eigenvalue weighted by molar-refractivity contribution is 7.89. The van der Waals surface area contributed by atoms with Crippen molar-refractivity contribution in [3.05, 3.63) is 51.2 Å². The van der Waals surface area contributed by atoms with E-state index in [1.54, 1.807) is 23.5 Å². The SMILES string of the molecule is Cc1ccc(S(=O)(=O)NCC2(c3cccs3)CCCCC2)cc1Cl. The molecule has 1 aromatic carbocycles. The van der Waals surface area contributed by atoms with Crippen LogP contribution >= 0.6 is 22.9 Å². The smallest absolute Gasteiger partial charge is 0.210 e. The summed E-state index contributed by atoms with van der Waals surface area (Å²) < 4.78 is 28.2. The van der Waals surface area contributed by atoms with Gasteiger partial charge in [0.25, 0.3) is 0 Å². The van der Waals surface area contributed by atoms with Crippen molar-refractivity contribution in [2.24, 2.45) is 0 Å². The van der Waals surface area contributed by atoms with E-state index in [0.717, 1.165) is 31.2 Å². The van der Waals surface area contributed by atoms with Gasteiger partial charge in [-0.1, -0.05) is 43.0 Å². The number of sulfonamides is 1. The minimum atomic E-state index is -3.56. The van der Waals surface area contributed by atoms with Gasteiger partial charge in [-0.25, -0.2) is 13.1 Å². The van der Waals surface area contributed by atoms with Crippen LogP contribution in [0.15, 0.2) is 40.6 Å². The summed E-state index contributed by atoms with van der Waals surface area (Å²) in [5.41, 5.74) is 0.798. The third-order valence-electron chi connectivity index (χ3n) is 4.91. The number of rotatable bonds is 5. The van der Waals surface area contributed by atoms with Crippen LogP contribution in [-0.4, -0.2) is 15.0 Å². The summed E-state index contributed by atoms with van der Waals surface area (Å²) in [7, 11) is -3.56. The van der Waals surface area contributed by atoms with Crippen molar-refractivity contribution in [2.75, 3.05) is 6.54 Å². The number of benzene rings is 1. The standard InChI is InChI=1S/C18H22ClNO2S2/c1-14-7-8-15(12-16(14)19)24(21,22)20-13-18(9-3-2-4-10-18)17-6-5-11-23-17/h5-8,11-12,20H,2-4,9-10,13H2,1H3. The maximum atomic E-state index is 12.7. The van der Waals surface area contributed by atoms with Crippen LogP contribution in [0.3, 0.4) is 0 Å². The molecule has 0 atom stereocenters. The Morgan fingerprint density at radius 1 is 1.21 bits per heavy atom. The topological polar surface area (TPSA) is 46.2 Å². The Balaban J connectivity index is 1.82. The number of halogens is 1. The largest absolute Gasteiger partial charge is 0.240 e. The Bertz CT molecular complexity index is 794. The average Bonchev–Trinajstić information content (AvgIpc) is 3.12. The van der Waals surface area contributed by atoms with Crippen LogP contribution in [0.2, 0.25) is 5.02 Å². The van der Waals surface area contributed by atoms with Gasteiger partial charge >= 0.3 is 0 Å². The van der Waals surface area contributed by atoms with Crippen molar-refractivity contribution in [2.45, 2.75) is 49.3 Å². The van der Waals surface area contributed by atoms with E-state index in [1.165, 1.54) is 17.4 Å². The van der Waals surface area contributed by atoms with Crippen LogP contribution in [0.1, 0.15) is 42.5 Å². The second-order valence-electron chi connectivity index (χ2n) is 6.55. The van der Waals surface area contributed by atoms with Crippen molar-refractivity contribution in [1.29, 1.82) is 0 Å². The quantitative estimate of drug-likeness (QED) is 0.798. The fourth-order valence-electron chi connectivity index (χ4n) is 3.38.